The van der Waals surface area contributed by atoms with Gasteiger partial charge in [0.25, 0.3) is 0 Å². The number of benzene rings is 1. The zero-order valence-electron chi connectivity index (χ0n) is 16.3. The molecule has 28 heavy (non-hydrogen) atoms. The molecule has 3 N–H and O–H groups in total. The lowest BCUT2D eigenvalue weighted by Crippen LogP contribution is -2.11. The number of anilines is 1. The molecule has 0 saturated heterocycles. The molecule has 0 saturated carbocycles. The predicted octanol–water partition coefficient (Wildman–Crippen LogP) is 2.68. The van der Waals surface area contributed by atoms with Crippen LogP contribution in [0.2, 0.25) is 0 Å². The first kappa shape index (κ1) is 18.1. The first-order valence-corrected chi connectivity index (χ1v) is 9.23. The van der Waals surface area contributed by atoms with Crippen LogP contribution in [0.4, 0.5) is 5.82 Å². The van der Waals surface area contributed by atoms with E-state index in [2.05, 4.69) is 64.7 Å². The number of nitrogens with zero attached hydrogens (tertiary/aromatic N) is 6. The summed E-state index contributed by atoms with van der Waals surface area (Å²) in [4.78, 5) is 4.50. The van der Waals surface area contributed by atoms with Crippen LogP contribution in [0.5, 0.6) is 0 Å². The Morgan fingerprint density at radius 3 is 2.79 bits per heavy atom. The fourth-order valence-electron chi connectivity index (χ4n) is 2.94. The molecule has 1 aromatic carbocycles. The van der Waals surface area contributed by atoms with Gasteiger partial charge in [0.15, 0.2) is 5.82 Å². The van der Waals surface area contributed by atoms with Crippen molar-refractivity contribution in [3.05, 3.63) is 65.9 Å². The third-order valence-electron chi connectivity index (χ3n) is 4.54. The Bertz CT molecular complexity index is 1100. The van der Waals surface area contributed by atoms with Gasteiger partial charge in [-0.15, -0.1) is 5.10 Å². The minimum absolute atomic E-state index is 0.0161. The number of rotatable bonds is 5. The van der Waals surface area contributed by atoms with Gasteiger partial charge in [0.05, 0.1) is 23.3 Å². The molecular weight excluding hydrogens is 352 g/mol. The molecule has 0 spiro atoms. The molecule has 4 rings (SSSR count). The van der Waals surface area contributed by atoms with Gasteiger partial charge in [0.1, 0.15) is 5.52 Å². The van der Waals surface area contributed by atoms with Gasteiger partial charge in [-0.25, -0.2) is 14.2 Å². The molecule has 0 fully saturated rings. The molecule has 8 heteroatoms. The highest BCUT2D eigenvalue weighted by atomic mass is 15.4. The van der Waals surface area contributed by atoms with Gasteiger partial charge in [-0.1, -0.05) is 38.1 Å². The normalized spacial score (nSPS) is 11.9. The van der Waals surface area contributed by atoms with Crippen LogP contribution in [-0.2, 0) is 18.5 Å². The lowest BCUT2D eigenvalue weighted by atomic mass is 9.92. The number of fused-ring (bicyclic) bond motifs is 1. The fraction of sp³-hybridized carbons (Fsp3) is 0.300. The van der Waals surface area contributed by atoms with Crippen LogP contribution in [0, 0.1) is 0 Å². The molecule has 0 aliphatic heterocycles. The number of hydrogen-bond donors (Lipinski definition) is 2. The molecular formula is C20H24N8. The van der Waals surface area contributed by atoms with Gasteiger partial charge in [0, 0.05) is 30.9 Å². The SMILES string of the molecule is CC(C)(C)c1cc2c(NCc3cccc(-n4cc(CN)nn4)c3)nccn2n1. The number of nitrogens with one attached hydrogen (secondary N) is 1. The molecule has 8 nitrogen and oxygen atoms in total. The van der Waals surface area contributed by atoms with Crippen LogP contribution in [0.15, 0.2) is 48.9 Å². The molecule has 0 aliphatic rings. The van der Waals surface area contributed by atoms with Crippen molar-refractivity contribution in [2.24, 2.45) is 5.73 Å². The van der Waals surface area contributed by atoms with E-state index in [1.165, 1.54) is 0 Å². The lowest BCUT2D eigenvalue weighted by molar-refractivity contribution is 0.562. The van der Waals surface area contributed by atoms with E-state index >= 15 is 0 Å². The van der Waals surface area contributed by atoms with Crippen molar-refractivity contribution in [3.8, 4) is 5.69 Å². The van der Waals surface area contributed by atoms with Gasteiger partial charge in [-0.05, 0) is 23.8 Å². The van der Waals surface area contributed by atoms with Gasteiger partial charge in [-0.2, -0.15) is 5.10 Å². The van der Waals surface area contributed by atoms with E-state index in [0.29, 0.717) is 13.1 Å². The maximum Gasteiger partial charge on any atom is 0.152 e. The molecule has 0 atom stereocenters. The van der Waals surface area contributed by atoms with Gasteiger partial charge in [-0.3, -0.25) is 0 Å². The molecule has 3 heterocycles. The monoisotopic (exact) mass is 376 g/mol. The summed E-state index contributed by atoms with van der Waals surface area (Å²) in [5.74, 6) is 0.807. The number of hydrogen-bond acceptors (Lipinski definition) is 6. The van der Waals surface area contributed by atoms with E-state index in [4.69, 9.17) is 5.73 Å². The molecule has 0 unspecified atom stereocenters. The van der Waals surface area contributed by atoms with Crippen molar-refractivity contribution in [2.75, 3.05) is 5.32 Å². The lowest BCUT2D eigenvalue weighted by Gasteiger charge is -2.13. The number of aromatic nitrogens is 6. The van der Waals surface area contributed by atoms with E-state index in [1.54, 1.807) is 10.9 Å². The minimum atomic E-state index is -0.0161. The van der Waals surface area contributed by atoms with Crippen LogP contribution in [0.3, 0.4) is 0 Å². The van der Waals surface area contributed by atoms with E-state index in [1.807, 2.05) is 29.0 Å². The van der Waals surface area contributed by atoms with Crippen LogP contribution >= 0.6 is 0 Å². The zero-order chi connectivity index (χ0) is 19.7. The van der Waals surface area contributed by atoms with E-state index < -0.39 is 0 Å². The van der Waals surface area contributed by atoms with Crippen molar-refractivity contribution in [1.82, 2.24) is 29.6 Å². The first-order valence-electron chi connectivity index (χ1n) is 9.23. The largest absolute Gasteiger partial charge is 0.364 e. The second-order valence-electron chi connectivity index (χ2n) is 7.77. The summed E-state index contributed by atoms with van der Waals surface area (Å²) >= 11 is 0. The summed E-state index contributed by atoms with van der Waals surface area (Å²) in [5.41, 5.74) is 10.4. The van der Waals surface area contributed by atoms with Crippen molar-refractivity contribution in [1.29, 1.82) is 0 Å². The average Bonchev–Trinajstić information content (AvgIpc) is 3.33. The number of nitrogens with two attached hydrogens (primary N) is 1. The zero-order valence-corrected chi connectivity index (χ0v) is 16.3. The highest BCUT2D eigenvalue weighted by Crippen LogP contribution is 2.24. The summed E-state index contributed by atoms with van der Waals surface area (Å²) in [6, 6.07) is 10.2. The third-order valence-corrected chi connectivity index (χ3v) is 4.54. The second kappa shape index (κ2) is 7.05. The highest BCUT2D eigenvalue weighted by molar-refractivity contribution is 5.68. The van der Waals surface area contributed by atoms with Crippen molar-refractivity contribution >= 4 is 11.3 Å². The van der Waals surface area contributed by atoms with E-state index in [0.717, 1.165) is 34.0 Å². The molecule has 0 radical (unpaired) electrons. The quantitative estimate of drug-likeness (QED) is 0.556. The summed E-state index contributed by atoms with van der Waals surface area (Å²) in [6.07, 6.45) is 5.47. The van der Waals surface area contributed by atoms with E-state index in [9.17, 15) is 0 Å². The van der Waals surface area contributed by atoms with Crippen molar-refractivity contribution < 1.29 is 0 Å². The maximum absolute atomic E-state index is 5.62. The van der Waals surface area contributed by atoms with Crippen molar-refractivity contribution in [2.45, 2.75) is 39.3 Å². The smallest absolute Gasteiger partial charge is 0.152 e. The standard InChI is InChI=1S/C20H24N8/c1-20(2,3)18-10-17-19(22-7-8-27(17)25-18)23-12-14-5-4-6-16(9-14)28-13-15(11-21)24-26-28/h4-10,13H,11-12,21H2,1-3H3,(H,22,23). The Kier molecular flexibility index (Phi) is 4.56. The summed E-state index contributed by atoms with van der Waals surface area (Å²) < 4.78 is 3.60. The Balaban J connectivity index is 1.56. The molecule has 3 aromatic heterocycles. The predicted molar refractivity (Wildman–Crippen MR) is 108 cm³/mol. The fourth-order valence-corrected chi connectivity index (χ4v) is 2.94. The third kappa shape index (κ3) is 3.59. The second-order valence-corrected chi connectivity index (χ2v) is 7.77. The molecule has 144 valence electrons. The summed E-state index contributed by atoms with van der Waals surface area (Å²) in [5, 5.41) is 16.3. The Hall–Kier alpha value is -3.26. The first-order chi connectivity index (χ1) is 13.4. The molecule has 4 aromatic rings. The van der Waals surface area contributed by atoms with Gasteiger partial charge in [0.2, 0.25) is 0 Å². The highest BCUT2D eigenvalue weighted by Gasteiger charge is 2.19. The van der Waals surface area contributed by atoms with Gasteiger partial charge >= 0.3 is 0 Å². The Morgan fingerprint density at radius 1 is 1.18 bits per heavy atom. The summed E-state index contributed by atoms with van der Waals surface area (Å²) in [7, 11) is 0. The summed E-state index contributed by atoms with van der Waals surface area (Å²) in [6.45, 7) is 7.47. The Labute approximate surface area is 163 Å². The van der Waals surface area contributed by atoms with Gasteiger partial charge < -0.3 is 11.1 Å². The van der Waals surface area contributed by atoms with E-state index in [-0.39, 0.29) is 5.41 Å². The van der Waals surface area contributed by atoms with Crippen LogP contribution in [0.1, 0.15) is 37.7 Å². The minimum Gasteiger partial charge on any atom is -0.364 e. The maximum atomic E-state index is 5.62. The molecule has 0 aliphatic carbocycles. The topological polar surface area (TPSA) is 99.0 Å². The molecule has 0 bridgehead atoms. The van der Waals surface area contributed by atoms with Crippen LogP contribution < -0.4 is 11.1 Å². The van der Waals surface area contributed by atoms with Crippen LogP contribution in [-0.4, -0.2) is 29.6 Å². The molecule has 0 amide bonds. The van der Waals surface area contributed by atoms with Crippen LogP contribution in [0.25, 0.3) is 11.2 Å². The average molecular weight is 376 g/mol. The van der Waals surface area contributed by atoms with Crippen molar-refractivity contribution in [3.63, 3.8) is 0 Å². The Morgan fingerprint density at radius 2 is 2.04 bits per heavy atom.